The molecule has 1 saturated heterocycles. The number of aromatic nitrogens is 4. The first-order chi connectivity index (χ1) is 12.6. The first-order valence-electron chi connectivity index (χ1n) is 9.00. The maximum absolute atomic E-state index is 12.9. The van der Waals surface area contributed by atoms with Crippen LogP contribution < -0.4 is 10.9 Å². The number of imidazole rings is 1. The summed E-state index contributed by atoms with van der Waals surface area (Å²) in [5, 5.41) is 22.4. The van der Waals surface area contributed by atoms with Gasteiger partial charge in [-0.1, -0.05) is 13.3 Å². The first-order valence-corrected chi connectivity index (χ1v) is 9.00. The summed E-state index contributed by atoms with van der Waals surface area (Å²) in [7, 11) is 0. The zero-order valence-electron chi connectivity index (χ0n) is 14.7. The van der Waals surface area contributed by atoms with Crippen molar-refractivity contribution in [2.45, 2.75) is 51.3 Å². The Balaban J connectivity index is 1.67. The molecule has 0 unspecified atom stereocenters. The van der Waals surface area contributed by atoms with E-state index in [1.54, 1.807) is 9.13 Å². The summed E-state index contributed by atoms with van der Waals surface area (Å²) in [5.74, 6) is 0.509. The van der Waals surface area contributed by atoms with Crippen LogP contribution in [0, 0.1) is 0 Å². The molecular weight excluding hydrogens is 340 g/mol. The molecule has 10 heteroatoms. The van der Waals surface area contributed by atoms with Crippen LogP contribution in [0.25, 0.3) is 11.2 Å². The second-order valence-electron chi connectivity index (χ2n) is 6.83. The van der Waals surface area contributed by atoms with E-state index in [1.165, 1.54) is 6.33 Å². The molecule has 4 rings (SSSR count). The van der Waals surface area contributed by atoms with Crippen LogP contribution in [0.3, 0.4) is 0 Å². The van der Waals surface area contributed by atoms with E-state index in [9.17, 15) is 15.0 Å². The topological polar surface area (TPSA) is 118 Å². The maximum Gasteiger partial charge on any atom is 0.284 e. The van der Waals surface area contributed by atoms with Crippen LogP contribution in [-0.4, -0.2) is 66.2 Å². The fourth-order valence-electron chi connectivity index (χ4n) is 3.49. The number of hydrogen-bond acceptors (Lipinski definition) is 8. The lowest BCUT2D eigenvalue weighted by Crippen LogP contribution is -2.43. The standard InChI is InChI=1S/C16H24N6O4/c1-2-3-4-20-7-18-16-19-14-13(15(25)22(16)9-20)17-8-21(14)12-5-10(24)11(6-23)26-12/h8,10-12,23-24H,2-7,9H2,1H3,(H,18,19)/t10-,11+,12+/m0/s1. The van der Waals surface area contributed by atoms with Crippen molar-refractivity contribution in [1.82, 2.24) is 24.0 Å². The molecule has 2 aromatic heterocycles. The maximum atomic E-state index is 12.9. The molecular formula is C16H24N6O4. The van der Waals surface area contributed by atoms with Crippen molar-refractivity contribution >= 4 is 17.1 Å². The third kappa shape index (κ3) is 2.88. The number of hydrogen-bond donors (Lipinski definition) is 3. The predicted octanol–water partition coefficient (Wildman–Crippen LogP) is -0.324. The Morgan fingerprint density at radius 3 is 3.04 bits per heavy atom. The van der Waals surface area contributed by atoms with Crippen LogP contribution in [0.2, 0.25) is 0 Å². The van der Waals surface area contributed by atoms with Crippen LogP contribution in [0.5, 0.6) is 0 Å². The van der Waals surface area contributed by atoms with Gasteiger partial charge in [-0.25, -0.2) is 4.98 Å². The lowest BCUT2D eigenvalue weighted by molar-refractivity contribution is -0.0432. The van der Waals surface area contributed by atoms with Gasteiger partial charge in [0.2, 0.25) is 5.95 Å². The highest BCUT2D eigenvalue weighted by Crippen LogP contribution is 2.30. The van der Waals surface area contributed by atoms with E-state index >= 15 is 0 Å². The van der Waals surface area contributed by atoms with Gasteiger partial charge in [-0.05, 0) is 6.42 Å². The van der Waals surface area contributed by atoms with Gasteiger partial charge in [-0.15, -0.1) is 0 Å². The molecule has 0 aromatic carbocycles. The Morgan fingerprint density at radius 1 is 1.46 bits per heavy atom. The monoisotopic (exact) mass is 364 g/mol. The minimum atomic E-state index is -0.758. The number of fused-ring (bicyclic) bond motifs is 2. The minimum Gasteiger partial charge on any atom is -0.394 e. The molecule has 0 amide bonds. The summed E-state index contributed by atoms with van der Waals surface area (Å²) < 4.78 is 8.92. The number of anilines is 1. The number of aliphatic hydroxyl groups excluding tert-OH is 2. The van der Waals surface area contributed by atoms with Crippen molar-refractivity contribution in [2.24, 2.45) is 0 Å². The van der Waals surface area contributed by atoms with E-state index < -0.39 is 18.4 Å². The Kier molecular flexibility index (Phi) is 4.65. The molecule has 2 aromatic rings. The zero-order chi connectivity index (χ0) is 18.3. The lowest BCUT2D eigenvalue weighted by atomic mass is 10.2. The molecule has 0 radical (unpaired) electrons. The van der Waals surface area contributed by atoms with Crippen molar-refractivity contribution in [3.8, 4) is 0 Å². The van der Waals surface area contributed by atoms with E-state index in [-0.39, 0.29) is 17.7 Å². The minimum absolute atomic E-state index is 0.199. The van der Waals surface area contributed by atoms with Crippen LogP contribution >= 0.6 is 0 Å². The van der Waals surface area contributed by atoms with Gasteiger partial charge in [0.25, 0.3) is 5.56 Å². The molecule has 10 nitrogen and oxygen atoms in total. The number of ether oxygens (including phenoxy) is 1. The van der Waals surface area contributed by atoms with Crippen LogP contribution in [0.1, 0.15) is 32.4 Å². The van der Waals surface area contributed by atoms with Gasteiger partial charge in [0, 0.05) is 13.0 Å². The fourth-order valence-corrected chi connectivity index (χ4v) is 3.49. The van der Waals surface area contributed by atoms with Gasteiger partial charge in [-0.2, -0.15) is 4.98 Å². The molecule has 26 heavy (non-hydrogen) atoms. The van der Waals surface area contributed by atoms with E-state index in [0.717, 1.165) is 19.4 Å². The zero-order valence-corrected chi connectivity index (χ0v) is 14.7. The first kappa shape index (κ1) is 17.4. The van der Waals surface area contributed by atoms with E-state index in [2.05, 4.69) is 27.1 Å². The summed E-state index contributed by atoms with van der Waals surface area (Å²) in [6.07, 6.45) is 2.09. The van der Waals surface area contributed by atoms with Gasteiger partial charge in [0.1, 0.15) is 12.3 Å². The lowest BCUT2D eigenvalue weighted by Gasteiger charge is -2.30. The Labute approximate surface area is 150 Å². The number of nitrogens with zero attached hydrogens (tertiary/aromatic N) is 5. The Morgan fingerprint density at radius 2 is 2.31 bits per heavy atom. The number of unbranched alkanes of at least 4 members (excludes halogenated alkanes) is 1. The van der Waals surface area contributed by atoms with Crippen LogP contribution in [0.4, 0.5) is 5.95 Å². The smallest absolute Gasteiger partial charge is 0.284 e. The number of aliphatic hydroxyl groups is 2. The predicted molar refractivity (Wildman–Crippen MR) is 93.5 cm³/mol. The molecule has 0 bridgehead atoms. The molecule has 2 aliphatic rings. The number of nitrogens with one attached hydrogen (secondary N) is 1. The van der Waals surface area contributed by atoms with Gasteiger partial charge in [0.15, 0.2) is 11.2 Å². The van der Waals surface area contributed by atoms with Crippen LogP contribution in [0.15, 0.2) is 11.1 Å². The number of rotatable bonds is 5. The highest BCUT2D eigenvalue weighted by molar-refractivity contribution is 5.71. The molecule has 1 fully saturated rings. The molecule has 3 atom stereocenters. The summed E-state index contributed by atoms with van der Waals surface area (Å²) in [6.45, 7) is 3.92. The normalized spacial score (nSPS) is 26.2. The SMILES string of the molecule is CCCCN1CNc2nc3c(ncn3[C@H]3C[C@H](O)[C@@H](CO)O3)c(=O)n2C1. The average molecular weight is 364 g/mol. The highest BCUT2D eigenvalue weighted by Gasteiger charge is 2.35. The van der Waals surface area contributed by atoms with Crippen molar-refractivity contribution in [1.29, 1.82) is 0 Å². The molecule has 142 valence electrons. The molecule has 3 N–H and O–H groups in total. The van der Waals surface area contributed by atoms with Gasteiger partial charge in [-0.3, -0.25) is 18.8 Å². The van der Waals surface area contributed by atoms with E-state index in [1.807, 2.05) is 0 Å². The summed E-state index contributed by atoms with van der Waals surface area (Å²) >= 11 is 0. The molecule has 0 spiro atoms. The Bertz CT molecular complexity index is 849. The van der Waals surface area contributed by atoms with E-state index in [0.29, 0.717) is 31.4 Å². The second kappa shape index (κ2) is 6.95. The molecule has 0 aliphatic carbocycles. The third-order valence-electron chi connectivity index (χ3n) is 5.01. The quantitative estimate of drug-likeness (QED) is 0.661. The van der Waals surface area contributed by atoms with Crippen molar-refractivity contribution in [2.75, 3.05) is 25.1 Å². The third-order valence-corrected chi connectivity index (χ3v) is 5.01. The van der Waals surface area contributed by atoms with E-state index in [4.69, 9.17) is 4.74 Å². The summed E-state index contributed by atoms with van der Waals surface area (Å²) in [4.78, 5) is 23.8. The average Bonchev–Trinajstić information content (AvgIpc) is 3.23. The molecule has 4 heterocycles. The van der Waals surface area contributed by atoms with Crippen molar-refractivity contribution < 1.29 is 14.9 Å². The molecule has 2 aliphatic heterocycles. The highest BCUT2D eigenvalue weighted by atomic mass is 16.5. The van der Waals surface area contributed by atoms with Crippen molar-refractivity contribution in [3.05, 3.63) is 16.7 Å². The van der Waals surface area contributed by atoms with Crippen molar-refractivity contribution in [3.63, 3.8) is 0 Å². The van der Waals surface area contributed by atoms with Gasteiger partial charge in [0.05, 0.1) is 32.4 Å². The Hall–Kier alpha value is -2.01. The van der Waals surface area contributed by atoms with Gasteiger partial charge < -0.3 is 20.3 Å². The van der Waals surface area contributed by atoms with Gasteiger partial charge >= 0.3 is 0 Å². The summed E-state index contributed by atoms with van der Waals surface area (Å²) in [6, 6.07) is 0. The fraction of sp³-hybridized carbons (Fsp3) is 0.688. The summed E-state index contributed by atoms with van der Waals surface area (Å²) in [5.41, 5.74) is 0.500. The van der Waals surface area contributed by atoms with Crippen LogP contribution in [-0.2, 0) is 11.4 Å². The largest absolute Gasteiger partial charge is 0.394 e. The second-order valence-corrected chi connectivity index (χ2v) is 6.83. The molecule has 0 saturated carbocycles.